The Morgan fingerprint density at radius 3 is 2.73 bits per heavy atom. The van der Waals surface area contributed by atoms with E-state index in [9.17, 15) is 4.79 Å². The normalized spacial score (nSPS) is 18.2. The Labute approximate surface area is 153 Å². The number of para-hydroxylation sites is 2. The number of fused-ring (bicyclic) bond motifs is 1. The summed E-state index contributed by atoms with van der Waals surface area (Å²) in [6, 6.07) is 16.4. The van der Waals surface area contributed by atoms with Crippen LogP contribution in [-0.4, -0.2) is 40.6 Å². The summed E-state index contributed by atoms with van der Waals surface area (Å²) in [7, 11) is 1.88. The lowest BCUT2D eigenvalue weighted by molar-refractivity contribution is -0.136. The molecule has 1 aromatic heterocycles. The standard InChI is InChI=1S/C21H23N3O2/c1-15(23(2)21(25)17-11-12-26-13-17)16-7-9-18(10-8-16)24-14-22-19-5-3-4-6-20(19)24/h3-10,14-15,17H,11-13H2,1-2H3/t15-,17-/m0/s1. The monoisotopic (exact) mass is 349 g/mol. The van der Waals surface area contributed by atoms with E-state index >= 15 is 0 Å². The molecule has 0 bridgehead atoms. The van der Waals surface area contributed by atoms with Gasteiger partial charge in [0, 0.05) is 19.3 Å². The van der Waals surface area contributed by atoms with E-state index in [4.69, 9.17) is 4.74 Å². The average molecular weight is 349 g/mol. The van der Waals surface area contributed by atoms with Crippen LogP contribution >= 0.6 is 0 Å². The Kier molecular flexibility index (Phi) is 4.47. The summed E-state index contributed by atoms with van der Waals surface area (Å²) < 4.78 is 7.43. The number of rotatable bonds is 4. The first-order chi connectivity index (χ1) is 12.6. The van der Waals surface area contributed by atoms with Gasteiger partial charge in [-0.1, -0.05) is 24.3 Å². The Balaban J connectivity index is 1.54. The van der Waals surface area contributed by atoms with E-state index in [1.54, 1.807) is 0 Å². The number of hydrogen-bond acceptors (Lipinski definition) is 3. The van der Waals surface area contributed by atoms with E-state index in [-0.39, 0.29) is 17.9 Å². The smallest absolute Gasteiger partial charge is 0.228 e. The molecule has 0 spiro atoms. The number of carbonyl (C=O) groups is 1. The molecule has 0 N–H and O–H groups in total. The van der Waals surface area contributed by atoms with Gasteiger partial charge in [0.1, 0.15) is 6.33 Å². The van der Waals surface area contributed by atoms with Crippen molar-refractivity contribution in [3.8, 4) is 5.69 Å². The molecular weight excluding hydrogens is 326 g/mol. The number of carbonyl (C=O) groups excluding carboxylic acids is 1. The predicted octanol–water partition coefficient (Wildman–Crippen LogP) is 3.58. The van der Waals surface area contributed by atoms with Gasteiger partial charge in [-0.25, -0.2) is 4.98 Å². The summed E-state index contributed by atoms with van der Waals surface area (Å²) in [6.07, 6.45) is 2.67. The summed E-state index contributed by atoms with van der Waals surface area (Å²) in [5.41, 5.74) is 4.25. The molecule has 0 saturated carbocycles. The van der Waals surface area contributed by atoms with Crippen LogP contribution in [0.4, 0.5) is 0 Å². The minimum atomic E-state index is -0.000892. The fraction of sp³-hybridized carbons (Fsp3) is 0.333. The van der Waals surface area contributed by atoms with Gasteiger partial charge in [0.05, 0.1) is 29.6 Å². The molecule has 2 atom stereocenters. The minimum absolute atomic E-state index is 0.000892. The number of benzene rings is 2. The van der Waals surface area contributed by atoms with Crippen molar-refractivity contribution < 1.29 is 9.53 Å². The predicted molar refractivity (Wildman–Crippen MR) is 101 cm³/mol. The Bertz CT molecular complexity index is 910. The van der Waals surface area contributed by atoms with Crippen LogP contribution in [0.25, 0.3) is 16.7 Å². The van der Waals surface area contributed by atoms with Crippen molar-refractivity contribution in [1.29, 1.82) is 0 Å². The van der Waals surface area contributed by atoms with E-state index < -0.39 is 0 Å². The van der Waals surface area contributed by atoms with Crippen molar-refractivity contribution in [2.75, 3.05) is 20.3 Å². The van der Waals surface area contributed by atoms with Crippen molar-refractivity contribution in [2.24, 2.45) is 5.92 Å². The van der Waals surface area contributed by atoms with Gasteiger partial charge < -0.3 is 9.64 Å². The third-order valence-electron chi connectivity index (χ3n) is 5.31. The maximum atomic E-state index is 12.6. The van der Waals surface area contributed by atoms with Crippen molar-refractivity contribution in [2.45, 2.75) is 19.4 Å². The molecule has 1 saturated heterocycles. The van der Waals surface area contributed by atoms with Crippen LogP contribution < -0.4 is 0 Å². The van der Waals surface area contributed by atoms with Gasteiger partial charge in [0.2, 0.25) is 5.91 Å². The molecule has 1 fully saturated rings. The maximum Gasteiger partial charge on any atom is 0.228 e. The molecule has 4 rings (SSSR count). The fourth-order valence-corrected chi connectivity index (χ4v) is 3.51. The lowest BCUT2D eigenvalue weighted by Crippen LogP contribution is -2.35. The van der Waals surface area contributed by atoms with Crippen molar-refractivity contribution in [1.82, 2.24) is 14.5 Å². The van der Waals surface area contributed by atoms with E-state index in [2.05, 4.69) is 46.8 Å². The molecule has 1 amide bonds. The highest BCUT2D eigenvalue weighted by Crippen LogP contribution is 2.25. The van der Waals surface area contributed by atoms with Crippen LogP contribution in [0.2, 0.25) is 0 Å². The second-order valence-corrected chi connectivity index (χ2v) is 6.88. The number of ether oxygens (including phenoxy) is 1. The quantitative estimate of drug-likeness (QED) is 0.723. The number of hydrogen-bond donors (Lipinski definition) is 0. The fourth-order valence-electron chi connectivity index (χ4n) is 3.51. The highest BCUT2D eigenvalue weighted by atomic mass is 16.5. The third kappa shape index (κ3) is 2.99. The Hall–Kier alpha value is -2.66. The van der Waals surface area contributed by atoms with Crippen molar-refractivity contribution >= 4 is 16.9 Å². The molecule has 2 aromatic carbocycles. The zero-order chi connectivity index (χ0) is 18.1. The molecule has 2 heterocycles. The van der Waals surface area contributed by atoms with Gasteiger partial charge in [-0.3, -0.25) is 9.36 Å². The zero-order valence-electron chi connectivity index (χ0n) is 15.1. The Morgan fingerprint density at radius 1 is 1.23 bits per heavy atom. The molecule has 134 valence electrons. The molecular formula is C21H23N3O2. The van der Waals surface area contributed by atoms with Crippen LogP contribution in [0, 0.1) is 5.92 Å². The highest BCUT2D eigenvalue weighted by molar-refractivity contribution is 5.79. The average Bonchev–Trinajstić information content (AvgIpc) is 3.36. The van der Waals surface area contributed by atoms with Crippen LogP contribution in [0.15, 0.2) is 54.9 Å². The van der Waals surface area contributed by atoms with Crippen LogP contribution in [0.1, 0.15) is 24.9 Å². The summed E-state index contributed by atoms with van der Waals surface area (Å²) in [5, 5.41) is 0. The van der Waals surface area contributed by atoms with E-state index in [1.807, 2.05) is 36.5 Å². The summed E-state index contributed by atoms with van der Waals surface area (Å²) in [6.45, 7) is 3.30. The SMILES string of the molecule is C[C@@H](c1ccc(-n2cnc3ccccc32)cc1)N(C)C(=O)[C@H]1CCOC1. The highest BCUT2D eigenvalue weighted by Gasteiger charge is 2.28. The van der Waals surface area contributed by atoms with Crippen LogP contribution in [0.5, 0.6) is 0 Å². The molecule has 5 nitrogen and oxygen atoms in total. The van der Waals surface area contributed by atoms with Gasteiger partial charge in [-0.2, -0.15) is 0 Å². The van der Waals surface area contributed by atoms with E-state index in [1.165, 1.54) is 0 Å². The third-order valence-corrected chi connectivity index (χ3v) is 5.31. The van der Waals surface area contributed by atoms with E-state index in [0.29, 0.717) is 13.2 Å². The first kappa shape index (κ1) is 16.8. The first-order valence-corrected chi connectivity index (χ1v) is 9.02. The van der Waals surface area contributed by atoms with Gasteiger partial charge in [0.15, 0.2) is 0 Å². The molecule has 0 aliphatic carbocycles. The van der Waals surface area contributed by atoms with Gasteiger partial charge in [-0.15, -0.1) is 0 Å². The van der Waals surface area contributed by atoms with Gasteiger partial charge in [-0.05, 0) is 43.2 Å². The second kappa shape index (κ2) is 6.92. The molecule has 1 aliphatic heterocycles. The molecule has 0 radical (unpaired) electrons. The molecule has 1 aliphatic rings. The Morgan fingerprint density at radius 2 is 2.00 bits per heavy atom. The van der Waals surface area contributed by atoms with Gasteiger partial charge >= 0.3 is 0 Å². The number of imidazole rings is 1. The second-order valence-electron chi connectivity index (χ2n) is 6.88. The molecule has 0 unspecified atom stereocenters. The maximum absolute atomic E-state index is 12.6. The lowest BCUT2D eigenvalue weighted by Gasteiger charge is -2.27. The number of nitrogens with zero attached hydrogens (tertiary/aromatic N) is 3. The van der Waals surface area contributed by atoms with E-state index in [0.717, 1.165) is 28.7 Å². The first-order valence-electron chi connectivity index (χ1n) is 9.02. The number of aromatic nitrogens is 2. The van der Waals surface area contributed by atoms with Gasteiger partial charge in [0.25, 0.3) is 0 Å². The minimum Gasteiger partial charge on any atom is -0.381 e. The molecule has 3 aromatic rings. The topological polar surface area (TPSA) is 47.4 Å². The largest absolute Gasteiger partial charge is 0.381 e. The summed E-state index contributed by atoms with van der Waals surface area (Å²) >= 11 is 0. The van der Waals surface area contributed by atoms with Crippen molar-refractivity contribution in [3.63, 3.8) is 0 Å². The van der Waals surface area contributed by atoms with Crippen LogP contribution in [0.3, 0.4) is 0 Å². The summed E-state index contributed by atoms with van der Waals surface area (Å²) in [5.74, 6) is 0.165. The van der Waals surface area contributed by atoms with Crippen LogP contribution in [-0.2, 0) is 9.53 Å². The lowest BCUT2D eigenvalue weighted by atomic mass is 10.0. The number of amides is 1. The summed E-state index contributed by atoms with van der Waals surface area (Å²) in [4.78, 5) is 18.9. The molecule has 5 heteroatoms. The zero-order valence-corrected chi connectivity index (χ0v) is 15.1. The molecule has 26 heavy (non-hydrogen) atoms. The van der Waals surface area contributed by atoms with Crippen molar-refractivity contribution in [3.05, 3.63) is 60.4 Å².